The molecule has 0 fully saturated rings. The Balaban J connectivity index is 2.08. The summed E-state index contributed by atoms with van der Waals surface area (Å²) in [5, 5.41) is 2.90. The second-order valence-electron chi connectivity index (χ2n) is 6.01. The molecule has 0 aromatic heterocycles. The molecule has 0 aliphatic heterocycles. The van der Waals surface area contributed by atoms with Crippen LogP contribution in [0.2, 0.25) is 0 Å². The normalized spacial score (nSPS) is 11.9. The van der Waals surface area contributed by atoms with Gasteiger partial charge < -0.3 is 14.8 Å². The fourth-order valence-electron chi connectivity index (χ4n) is 2.15. The molecular formula is C20H25NO3. The van der Waals surface area contributed by atoms with Crippen LogP contribution < -0.4 is 14.8 Å². The van der Waals surface area contributed by atoms with Gasteiger partial charge in [-0.25, -0.2) is 0 Å². The summed E-state index contributed by atoms with van der Waals surface area (Å²) in [5.74, 6) is 1.26. The van der Waals surface area contributed by atoms with Gasteiger partial charge in [0.25, 0.3) is 5.91 Å². The minimum Gasteiger partial charge on any atom is -0.491 e. The number of amides is 1. The first-order valence-electron chi connectivity index (χ1n) is 8.32. The van der Waals surface area contributed by atoms with Crippen molar-refractivity contribution in [2.75, 3.05) is 5.32 Å². The van der Waals surface area contributed by atoms with Crippen molar-refractivity contribution in [3.05, 3.63) is 54.1 Å². The van der Waals surface area contributed by atoms with Crippen molar-refractivity contribution in [3.8, 4) is 11.5 Å². The van der Waals surface area contributed by atoms with Crippen LogP contribution in [0.1, 0.15) is 44.5 Å². The number of ether oxygens (including phenoxy) is 2. The lowest BCUT2D eigenvalue weighted by molar-refractivity contribution is 0.102. The fraction of sp³-hybridized carbons (Fsp3) is 0.350. The zero-order valence-corrected chi connectivity index (χ0v) is 14.7. The van der Waals surface area contributed by atoms with Crippen LogP contribution in [0.3, 0.4) is 0 Å². The molecule has 0 bridgehead atoms. The number of carbonyl (C=O) groups excluding carboxylic acids is 1. The van der Waals surface area contributed by atoms with Gasteiger partial charge in [0.1, 0.15) is 11.5 Å². The number of benzene rings is 2. The van der Waals surface area contributed by atoms with Crippen LogP contribution >= 0.6 is 0 Å². The van der Waals surface area contributed by atoms with Crippen LogP contribution in [0.4, 0.5) is 5.69 Å². The van der Waals surface area contributed by atoms with Crippen LogP contribution in [0, 0.1) is 0 Å². The molecule has 0 spiro atoms. The molecule has 128 valence electrons. The van der Waals surface area contributed by atoms with E-state index in [4.69, 9.17) is 9.47 Å². The summed E-state index contributed by atoms with van der Waals surface area (Å²) >= 11 is 0. The molecule has 1 unspecified atom stereocenters. The standard InChI is InChI=1S/C20H25NO3/c1-5-15(4)24-19-11-7-9-17(13-19)21-20(22)16-8-6-10-18(12-16)23-14(2)3/h6-15H,5H2,1-4H3,(H,21,22). The summed E-state index contributed by atoms with van der Waals surface area (Å²) < 4.78 is 11.4. The van der Waals surface area contributed by atoms with Crippen LogP contribution in [0.25, 0.3) is 0 Å². The molecule has 0 heterocycles. The lowest BCUT2D eigenvalue weighted by Gasteiger charge is -2.14. The van der Waals surface area contributed by atoms with E-state index in [2.05, 4.69) is 12.2 Å². The minimum absolute atomic E-state index is 0.0673. The SMILES string of the molecule is CCC(C)Oc1cccc(NC(=O)c2cccc(OC(C)C)c2)c1. The third-order valence-corrected chi connectivity index (χ3v) is 3.47. The summed E-state index contributed by atoms with van der Waals surface area (Å²) in [4.78, 5) is 12.4. The molecule has 0 aliphatic carbocycles. The molecule has 0 saturated carbocycles. The van der Waals surface area contributed by atoms with E-state index < -0.39 is 0 Å². The monoisotopic (exact) mass is 327 g/mol. The third kappa shape index (κ3) is 5.30. The highest BCUT2D eigenvalue weighted by Gasteiger charge is 2.09. The Hall–Kier alpha value is -2.49. The highest BCUT2D eigenvalue weighted by molar-refractivity contribution is 6.04. The van der Waals surface area contributed by atoms with Crippen LogP contribution in [-0.2, 0) is 0 Å². The fourth-order valence-corrected chi connectivity index (χ4v) is 2.15. The third-order valence-electron chi connectivity index (χ3n) is 3.47. The molecule has 1 atom stereocenters. The summed E-state index contributed by atoms with van der Waals surface area (Å²) in [7, 11) is 0. The first-order valence-corrected chi connectivity index (χ1v) is 8.32. The molecular weight excluding hydrogens is 302 g/mol. The number of carbonyl (C=O) groups is 1. The van der Waals surface area contributed by atoms with Crippen molar-refractivity contribution < 1.29 is 14.3 Å². The maximum Gasteiger partial charge on any atom is 0.255 e. The maximum atomic E-state index is 12.4. The minimum atomic E-state index is -0.176. The van der Waals surface area contributed by atoms with Crippen molar-refractivity contribution in [3.63, 3.8) is 0 Å². The summed E-state index contributed by atoms with van der Waals surface area (Å²) in [6, 6.07) is 14.6. The average molecular weight is 327 g/mol. The second-order valence-corrected chi connectivity index (χ2v) is 6.01. The van der Waals surface area contributed by atoms with Gasteiger partial charge >= 0.3 is 0 Å². The van der Waals surface area contributed by atoms with E-state index >= 15 is 0 Å². The van der Waals surface area contributed by atoms with Gasteiger partial charge in [-0.05, 0) is 57.5 Å². The van der Waals surface area contributed by atoms with Crippen molar-refractivity contribution in [1.82, 2.24) is 0 Å². The molecule has 2 rings (SSSR count). The number of nitrogens with one attached hydrogen (secondary N) is 1. The van der Waals surface area contributed by atoms with Gasteiger partial charge in [0.15, 0.2) is 0 Å². The lowest BCUT2D eigenvalue weighted by atomic mass is 10.2. The zero-order chi connectivity index (χ0) is 17.5. The van der Waals surface area contributed by atoms with Crippen molar-refractivity contribution >= 4 is 11.6 Å². The van der Waals surface area contributed by atoms with E-state index in [9.17, 15) is 4.79 Å². The quantitative estimate of drug-likeness (QED) is 0.786. The summed E-state index contributed by atoms with van der Waals surface area (Å²) in [5.41, 5.74) is 1.26. The predicted octanol–water partition coefficient (Wildman–Crippen LogP) is 4.90. The molecule has 4 heteroatoms. The highest BCUT2D eigenvalue weighted by Crippen LogP contribution is 2.21. The van der Waals surface area contributed by atoms with E-state index in [1.165, 1.54) is 0 Å². The van der Waals surface area contributed by atoms with Gasteiger partial charge in [0.05, 0.1) is 12.2 Å². The van der Waals surface area contributed by atoms with E-state index in [0.29, 0.717) is 17.0 Å². The molecule has 4 nitrogen and oxygen atoms in total. The Bertz CT molecular complexity index is 682. The van der Waals surface area contributed by atoms with E-state index in [1.54, 1.807) is 12.1 Å². The topological polar surface area (TPSA) is 47.6 Å². The number of hydrogen-bond acceptors (Lipinski definition) is 3. The summed E-state index contributed by atoms with van der Waals surface area (Å²) in [6.07, 6.45) is 1.14. The molecule has 1 N–H and O–H groups in total. The Labute approximate surface area is 143 Å². The van der Waals surface area contributed by atoms with Crippen molar-refractivity contribution in [2.45, 2.75) is 46.3 Å². The Morgan fingerprint density at radius 1 is 1.00 bits per heavy atom. The predicted molar refractivity (Wildman–Crippen MR) is 97.0 cm³/mol. The highest BCUT2D eigenvalue weighted by atomic mass is 16.5. The van der Waals surface area contributed by atoms with Crippen molar-refractivity contribution in [1.29, 1.82) is 0 Å². The van der Waals surface area contributed by atoms with Gasteiger partial charge in [-0.15, -0.1) is 0 Å². The maximum absolute atomic E-state index is 12.4. The molecule has 0 saturated heterocycles. The zero-order valence-electron chi connectivity index (χ0n) is 14.7. The van der Waals surface area contributed by atoms with E-state index in [-0.39, 0.29) is 18.1 Å². The van der Waals surface area contributed by atoms with E-state index in [0.717, 1.165) is 12.2 Å². The lowest BCUT2D eigenvalue weighted by Crippen LogP contribution is -2.13. The molecule has 2 aromatic rings. The van der Waals surface area contributed by atoms with Gasteiger partial charge in [-0.3, -0.25) is 4.79 Å². The Morgan fingerprint density at radius 3 is 2.33 bits per heavy atom. The van der Waals surface area contributed by atoms with Crippen LogP contribution in [0.15, 0.2) is 48.5 Å². The number of hydrogen-bond donors (Lipinski definition) is 1. The number of rotatable bonds is 7. The van der Waals surface area contributed by atoms with Gasteiger partial charge in [0.2, 0.25) is 0 Å². The largest absolute Gasteiger partial charge is 0.491 e. The van der Waals surface area contributed by atoms with E-state index in [1.807, 2.05) is 57.2 Å². The number of anilines is 1. The Morgan fingerprint density at radius 2 is 1.67 bits per heavy atom. The molecule has 2 aromatic carbocycles. The van der Waals surface area contributed by atoms with Crippen LogP contribution in [0.5, 0.6) is 11.5 Å². The molecule has 1 amide bonds. The second kappa shape index (κ2) is 8.39. The van der Waals surface area contributed by atoms with Gasteiger partial charge in [-0.1, -0.05) is 19.1 Å². The molecule has 0 aliphatic rings. The summed E-state index contributed by atoms with van der Waals surface area (Å²) in [6.45, 7) is 8.00. The molecule has 24 heavy (non-hydrogen) atoms. The Kier molecular flexibility index (Phi) is 6.24. The smallest absolute Gasteiger partial charge is 0.255 e. The van der Waals surface area contributed by atoms with Crippen LogP contribution in [-0.4, -0.2) is 18.1 Å². The van der Waals surface area contributed by atoms with Gasteiger partial charge in [-0.2, -0.15) is 0 Å². The molecule has 0 radical (unpaired) electrons. The van der Waals surface area contributed by atoms with Crippen molar-refractivity contribution in [2.24, 2.45) is 0 Å². The first-order chi connectivity index (χ1) is 11.5. The first kappa shape index (κ1) is 17.9. The average Bonchev–Trinajstić information content (AvgIpc) is 2.54. The van der Waals surface area contributed by atoms with Gasteiger partial charge in [0, 0.05) is 17.3 Å².